The number of nitrogens with one attached hydrogen (secondary N) is 1. The van der Waals surface area contributed by atoms with Gasteiger partial charge in [-0.3, -0.25) is 0 Å². The number of nitrogens with zero attached hydrogens (tertiary/aromatic N) is 1. The number of piperidine rings is 1. The van der Waals surface area contributed by atoms with E-state index in [1.165, 1.54) is 17.7 Å². The van der Waals surface area contributed by atoms with Gasteiger partial charge in [0.2, 0.25) is 0 Å². The summed E-state index contributed by atoms with van der Waals surface area (Å²) in [6.07, 6.45) is 4.18. The molecule has 0 radical (unpaired) electrons. The minimum atomic E-state index is -0.167. The van der Waals surface area contributed by atoms with Gasteiger partial charge < -0.3 is 15.0 Å². The smallest absolute Gasteiger partial charge is 0.409 e. The molecule has 1 saturated heterocycles. The second-order valence-corrected chi connectivity index (χ2v) is 6.46. The van der Waals surface area contributed by atoms with Crippen LogP contribution < -0.4 is 5.32 Å². The molecular weight excluding hydrogens is 284 g/mol. The standard InChI is InChI=1S/C16H26N2O2S/c1-3-6-14(15-7-5-12-21-15)17-13-8-10-18(11-9-13)16(19)20-4-2/h5,7,12-14,17H,3-4,6,8-11H2,1-2H3. The highest BCUT2D eigenvalue weighted by atomic mass is 32.1. The zero-order chi connectivity index (χ0) is 15.1. The molecule has 1 fully saturated rings. The Labute approximate surface area is 131 Å². The molecule has 1 aromatic rings. The Morgan fingerprint density at radius 2 is 2.24 bits per heavy atom. The van der Waals surface area contributed by atoms with Gasteiger partial charge in [0, 0.05) is 30.1 Å². The maximum absolute atomic E-state index is 11.7. The average Bonchev–Trinajstić information content (AvgIpc) is 3.02. The Kier molecular flexibility index (Phi) is 6.51. The van der Waals surface area contributed by atoms with Gasteiger partial charge >= 0.3 is 6.09 Å². The monoisotopic (exact) mass is 310 g/mol. The molecule has 0 aromatic carbocycles. The molecule has 5 heteroatoms. The van der Waals surface area contributed by atoms with Gasteiger partial charge in [-0.1, -0.05) is 19.4 Å². The van der Waals surface area contributed by atoms with Gasteiger partial charge in [0.1, 0.15) is 0 Å². The van der Waals surface area contributed by atoms with Crippen molar-refractivity contribution in [2.75, 3.05) is 19.7 Å². The molecule has 118 valence electrons. The molecule has 1 aromatic heterocycles. The molecule has 4 nitrogen and oxygen atoms in total. The summed E-state index contributed by atoms with van der Waals surface area (Å²) >= 11 is 1.82. The first-order valence-electron chi connectivity index (χ1n) is 7.95. The quantitative estimate of drug-likeness (QED) is 0.869. The molecule has 1 N–H and O–H groups in total. The molecule has 0 aliphatic carbocycles. The number of hydrogen-bond donors (Lipinski definition) is 1. The molecule has 0 saturated carbocycles. The molecule has 0 bridgehead atoms. The average molecular weight is 310 g/mol. The van der Waals surface area contributed by atoms with E-state index in [-0.39, 0.29) is 6.09 Å². The van der Waals surface area contributed by atoms with Crippen LogP contribution >= 0.6 is 11.3 Å². The number of ether oxygens (including phenoxy) is 1. The fraction of sp³-hybridized carbons (Fsp3) is 0.688. The summed E-state index contributed by atoms with van der Waals surface area (Å²) in [6.45, 7) is 6.11. The summed E-state index contributed by atoms with van der Waals surface area (Å²) in [5, 5.41) is 5.92. The third kappa shape index (κ3) is 4.71. The van der Waals surface area contributed by atoms with Gasteiger partial charge in [-0.05, 0) is 37.6 Å². The Morgan fingerprint density at radius 1 is 1.48 bits per heavy atom. The van der Waals surface area contributed by atoms with Gasteiger partial charge in [0.05, 0.1) is 6.61 Å². The Hall–Kier alpha value is -1.07. The van der Waals surface area contributed by atoms with Crippen molar-refractivity contribution >= 4 is 17.4 Å². The predicted molar refractivity (Wildman–Crippen MR) is 86.7 cm³/mol. The molecule has 0 spiro atoms. The molecular formula is C16H26N2O2S. The van der Waals surface area contributed by atoms with Crippen LogP contribution in [0.2, 0.25) is 0 Å². The van der Waals surface area contributed by atoms with Gasteiger partial charge in [-0.2, -0.15) is 0 Å². The lowest BCUT2D eigenvalue weighted by molar-refractivity contribution is 0.0941. The first kappa shape index (κ1) is 16.3. The molecule has 21 heavy (non-hydrogen) atoms. The molecule has 1 unspecified atom stereocenters. The van der Waals surface area contributed by atoms with Crippen LogP contribution in [0, 0.1) is 0 Å². The van der Waals surface area contributed by atoms with Crippen molar-refractivity contribution in [1.82, 2.24) is 10.2 Å². The first-order chi connectivity index (χ1) is 10.2. The van der Waals surface area contributed by atoms with Crippen molar-refractivity contribution in [3.63, 3.8) is 0 Å². The number of rotatable bonds is 6. The fourth-order valence-corrected chi connectivity index (χ4v) is 3.64. The minimum Gasteiger partial charge on any atom is -0.450 e. The number of likely N-dealkylation sites (tertiary alicyclic amines) is 1. The second kappa shape index (κ2) is 8.39. The van der Waals surface area contributed by atoms with E-state index >= 15 is 0 Å². The van der Waals surface area contributed by atoms with Crippen molar-refractivity contribution < 1.29 is 9.53 Å². The third-order valence-corrected chi connectivity index (χ3v) is 4.91. The van der Waals surface area contributed by atoms with Crippen LogP contribution in [-0.4, -0.2) is 36.7 Å². The van der Waals surface area contributed by atoms with E-state index < -0.39 is 0 Å². The van der Waals surface area contributed by atoms with Crippen LogP contribution in [-0.2, 0) is 4.74 Å². The maximum atomic E-state index is 11.7. The van der Waals surface area contributed by atoms with E-state index in [0.717, 1.165) is 25.9 Å². The summed E-state index contributed by atoms with van der Waals surface area (Å²) in [5.41, 5.74) is 0. The van der Waals surface area contributed by atoms with Crippen molar-refractivity contribution in [2.24, 2.45) is 0 Å². The van der Waals surface area contributed by atoms with Gasteiger partial charge in [-0.15, -0.1) is 11.3 Å². The summed E-state index contributed by atoms with van der Waals surface area (Å²) in [6, 6.07) is 5.28. The van der Waals surface area contributed by atoms with Crippen LogP contribution in [0.4, 0.5) is 4.79 Å². The number of carbonyl (C=O) groups excluding carboxylic acids is 1. The van der Waals surface area contributed by atoms with E-state index in [9.17, 15) is 4.79 Å². The highest BCUT2D eigenvalue weighted by Crippen LogP contribution is 2.25. The Morgan fingerprint density at radius 3 is 2.81 bits per heavy atom. The Balaban J connectivity index is 1.82. The summed E-state index contributed by atoms with van der Waals surface area (Å²) < 4.78 is 5.06. The number of amides is 1. The van der Waals surface area contributed by atoms with Crippen molar-refractivity contribution in [1.29, 1.82) is 0 Å². The highest BCUT2D eigenvalue weighted by Gasteiger charge is 2.25. The van der Waals surface area contributed by atoms with E-state index in [1.54, 1.807) is 0 Å². The molecule has 1 aliphatic heterocycles. The van der Waals surface area contributed by atoms with Crippen LogP contribution in [0.1, 0.15) is 50.4 Å². The van der Waals surface area contributed by atoms with Gasteiger partial charge in [0.15, 0.2) is 0 Å². The van der Waals surface area contributed by atoms with Crippen LogP contribution in [0.5, 0.6) is 0 Å². The first-order valence-corrected chi connectivity index (χ1v) is 8.83. The summed E-state index contributed by atoms with van der Waals surface area (Å²) in [5.74, 6) is 0. The number of hydrogen-bond acceptors (Lipinski definition) is 4. The lowest BCUT2D eigenvalue weighted by Crippen LogP contribution is -2.45. The second-order valence-electron chi connectivity index (χ2n) is 5.48. The topological polar surface area (TPSA) is 41.6 Å². The maximum Gasteiger partial charge on any atom is 0.409 e. The highest BCUT2D eigenvalue weighted by molar-refractivity contribution is 7.10. The minimum absolute atomic E-state index is 0.167. The number of carbonyl (C=O) groups is 1. The lowest BCUT2D eigenvalue weighted by atomic mass is 10.0. The largest absolute Gasteiger partial charge is 0.450 e. The zero-order valence-corrected chi connectivity index (χ0v) is 13.8. The van der Waals surface area contributed by atoms with Crippen LogP contribution in [0.15, 0.2) is 17.5 Å². The summed E-state index contributed by atoms with van der Waals surface area (Å²) in [4.78, 5) is 14.9. The Bertz CT molecular complexity index is 414. The molecule has 1 amide bonds. The van der Waals surface area contributed by atoms with Crippen molar-refractivity contribution in [3.05, 3.63) is 22.4 Å². The van der Waals surface area contributed by atoms with E-state index in [1.807, 2.05) is 23.2 Å². The van der Waals surface area contributed by atoms with Crippen LogP contribution in [0.3, 0.4) is 0 Å². The van der Waals surface area contributed by atoms with Gasteiger partial charge in [0.25, 0.3) is 0 Å². The molecule has 1 atom stereocenters. The van der Waals surface area contributed by atoms with E-state index in [4.69, 9.17) is 4.74 Å². The van der Waals surface area contributed by atoms with Crippen molar-refractivity contribution in [2.45, 2.75) is 51.6 Å². The zero-order valence-electron chi connectivity index (χ0n) is 13.0. The normalized spacial score (nSPS) is 17.7. The fourth-order valence-electron chi connectivity index (χ4n) is 2.81. The summed E-state index contributed by atoms with van der Waals surface area (Å²) in [7, 11) is 0. The SMILES string of the molecule is CCCC(NC1CCN(C(=O)OCC)CC1)c1cccs1. The van der Waals surface area contributed by atoms with E-state index in [0.29, 0.717) is 18.7 Å². The third-order valence-electron chi connectivity index (χ3n) is 3.92. The molecule has 2 rings (SSSR count). The number of thiophene rings is 1. The lowest BCUT2D eigenvalue weighted by Gasteiger charge is -2.33. The van der Waals surface area contributed by atoms with Crippen LogP contribution in [0.25, 0.3) is 0 Å². The van der Waals surface area contributed by atoms with Gasteiger partial charge in [-0.25, -0.2) is 4.79 Å². The van der Waals surface area contributed by atoms with E-state index in [2.05, 4.69) is 29.8 Å². The van der Waals surface area contributed by atoms with Crippen molar-refractivity contribution in [3.8, 4) is 0 Å². The predicted octanol–water partition coefficient (Wildman–Crippen LogP) is 3.80. The molecule has 1 aliphatic rings. The molecule has 2 heterocycles.